The molecule has 2 heteroatoms. The summed E-state index contributed by atoms with van der Waals surface area (Å²) in [5.41, 5.74) is 8.80. The minimum Gasteiger partial charge on any atom is -0.492 e. The van der Waals surface area contributed by atoms with Gasteiger partial charge in [-0.2, -0.15) is 0 Å². The smallest absolute Gasteiger partial charge is 0.123 e. The van der Waals surface area contributed by atoms with Crippen LogP contribution in [0, 0.1) is 0 Å². The number of nitrogens with two attached hydrogens (primary N) is 1. The first-order chi connectivity index (χ1) is 9.64. The molecule has 0 heterocycles. The van der Waals surface area contributed by atoms with Crippen molar-refractivity contribution in [2.45, 2.75) is 78.2 Å². The highest BCUT2D eigenvalue weighted by Gasteiger charge is 2.26. The molecule has 0 spiro atoms. The van der Waals surface area contributed by atoms with Crippen LogP contribution in [0.15, 0.2) is 18.2 Å². The van der Waals surface area contributed by atoms with Gasteiger partial charge in [-0.1, -0.05) is 53.7 Å². The number of ether oxygens (including phenoxy) is 1. The van der Waals surface area contributed by atoms with Crippen LogP contribution in [0.2, 0.25) is 0 Å². The standard InChI is InChI=1S/C19H33NO/c1-8-18(4,5)15-10-11-17(21-13-14(3)20)16(12-15)19(6,7)9-2/h10-12,14H,8-9,13,20H2,1-7H3/t14-/m0/s1. The predicted octanol–water partition coefficient (Wildman–Crippen LogP) is 4.79. The first kappa shape index (κ1) is 18.0. The summed E-state index contributed by atoms with van der Waals surface area (Å²) in [6.45, 7) is 16.2. The molecule has 0 bridgehead atoms. The molecular formula is C19H33NO. The summed E-state index contributed by atoms with van der Waals surface area (Å²) < 4.78 is 5.96. The van der Waals surface area contributed by atoms with Gasteiger partial charge in [0, 0.05) is 11.6 Å². The maximum absolute atomic E-state index is 5.96. The lowest BCUT2D eigenvalue weighted by Crippen LogP contribution is -2.26. The molecule has 0 saturated carbocycles. The van der Waals surface area contributed by atoms with E-state index in [-0.39, 0.29) is 16.9 Å². The molecule has 0 saturated heterocycles. The van der Waals surface area contributed by atoms with Crippen LogP contribution >= 0.6 is 0 Å². The molecule has 21 heavy (non-hydrogen) atoms. The lowest BCUT2D eigenvalue weighted by Gasteiger charge is -2.30. The van der Waals surface area contributed by atoms with Gasteiger partial charge in [0.05, 0.1) is 0 Å². The third-order valence-corrected chi connectivity index (χ3v) is 4.76. The fourth-order valence-corrected chi connectivity index (χ4v) is 2.22. The van der Waals surface area contributed by atoms with Crippen molar-refractivity contribution in [2.24, 2.45) is 5.73 Å². The van der Waals surface area contributed by atoms with Crippen molar-refractivity contribution in [3.8, 4) is 5.75 Å². The summed E-state index contributed by atoms with van der Waals surface area (Å²) >= 11 is 0. The number of hydrogen-bond acceptors (Lipinski definition) is 2. The number of benzene rings is 1. The molecule has 0 aliphatic rings. The zero-order valence-electron chi connectivity index (χ0n) is 14.9. The van der Waals surface area contributed by atoms with Crippen LogP contribution in [0.5, 0.6) is 5.75 Å². The summed E-state index contributed by atoms with van der Waals surface area (Å²) in [7, 11) is 0. The Hall–Kier alpha value is -1.02. The Bertz CT molecular complexity index is 461. The zero-order chi connectivity index (χ0) is 16.3. The zero-order valence-corrected chi connectivity index (χ0v) is 14.9. The Morgan fingerprint density at radius 2 is 1.62 bits per heavy atom. The van der Waals surface area contributed by atoms with Crippen molar-refractivity contribution in [3.05, 3.63) is 29.3 Å². The highest BCUT2D eigenvalue weighted by atomic mass is 16.5. The van der Waals surface area contributed by atoms with Crippen molar-refractivity contribution in [1.29, 1.82) is 0 Å². The molecule has 0 fully saturated rings. The van der Waals surface area contributed by atoms with Crippen molar-refractivity contribution in [1.82, 2.24) is 0 Å². The molecule has 1 rings (SSSR count). The molecule has 2 nitrogen and oxygen atoms in total. The highest BCUT2D eigenvalue weighted by molar-refractivity contribution is 5.44. The SMILES string of the molecule is CCC(C)(C)c1ccc(OC[C@H](C)N)c(C(C)(C)CC)c1. The Morgan fingerprint density at radius 3 is 2.10 bits per heavy atom. The van der Waals surface area contributed by atoms with Crippen molar-refractivity contribution in [3.63, 3.8) is 0 Å². The number of hydrogen-bond donors (Lipinski definition) is 1. The molecule has 1 aromatic rings. The van der Waals surface area contributed by atoms with Crippen LogP contribution in [-0.2, 0) is 10.8 Å². The van der Waals surface area contributed by atoms with Crippen LogP contribution in [0.1, 0.15) is 72.4 Å². The van der Waals surface area contributed by atoms with Gasteiger partial charge in [-0.25, -0.2) is 0 Å². The van der Waals surface area contributed by atoms with Crippen LogP contribution in [0.25, 0.3) is 0 Å². The highest BCUT2D eigenvalue weighted by Crippen LogP contribution is 2.38. The Labute approximate surface area is 131 Å². The molecule has 1 atom stereocenters. The second-order valence-corrected chi connectivity index (χ2v) is 7.47. The van der Waals surface area contributed by atoms with Gasteiger partial charge in [0.25, 0.3) is 0 Å². The van der Waals surface area contributed by atoms with E-state index in [0.29, 0.717) is 6.61 Å². The Balaban J connectivity index is 3.27. The Kier molecular flexibility index (Phi) is 5.86. The van der Waals surface area contributed by atoms with Gasteiger partial charge in [0.15, 0.2) is 0 Å². The minimum atomic E-state index is 0.0503. The van der Waals surface area contributed by atoms with Crippen molar-refractivity contribution >= 4 is 0 Å². The molecule has 0 aliphatic carbocycles. The molecular weight excluding hydrogens is 258 g/mol. The molecule has 0 aliphatic heterocycles. The van der Waals surface area contributed by atoms with Gasteiger partial charge in [0.2, 0.25) is 0 Å². The third-order valence-electron chi connectivity index (χ3n) is 4.76. The lowest BCUT2D eigenvalue weighted by molar-refractivity contribution is 0.286. The maximum atomic E-state index is 5.96. The topological polar surface area (TPSA) is 35.2 Å². The van der Waals surface area contributed by atoms with E-state index in [4.69, 9.17) is 10.5 Å². The summed E-state index contributed by atoms with van der Waals surface area (Å²) in [6, 6.07) is 6.72. The third kappa shape index (κ3) is 4.47. The lowest BCUT2D eigenvalue weighted by atomic mass is 9.76. The van der Waals surface area contributed by atoms with Gasteiger partial charge in [0.1, 0.15) is 12.4 Å². The molecule has 0 amide bonds. The maximum Gasteiger partial charge on any atom is 0.123 e. The van der Waals surface area contributed by atoms with Crippen molar-refractivity contribution < 1.29 is 4.74 Å². The van der Waals surface area contributed by atoms with Crippen molar-refractivity contribution in [2.75, 3.05) is 6.61 Å². The molecule has 2 N–H and O–H groups in total. The molecule has 0 unspecified atom stereocenters. The summed E-state index contributed by atoms with van der Waals surface area (Å²) in [6.07, 6.45) is 2.20. The molecule has 0 aromatic heterocycles. The fraction of sp³-hybridized carbons (Fsp3) is 0.684. The van der Waals surface area contributed by atoms with E-state index in [1.54, 1.807) is 0 Å². The van der Waals surface area contributed by atoms with Crippen LogP contribution in [0.3, 0.4) is 0 Å². The predicted molar refractivity (Wildman–Crippen MR) is 92.2 cm³/mol. The second kappa shape index (κ2) is 6.83. The monoisotopic (exact) mass is 291 g/mol. The molecule has 1 aromatic carbocycles. The van der Waals surface area contributed by atoms with Gasteiger partial charge in [-0.15, -0.1) is 0 Å². The average Bonchev–Trinajstić information content (AvgIpc) is 2.44. The minimum absolute atomic E-state index is 0.0503. The van der Waals surface area contributed by atoms with Gasteiger partial charge < -0.3 is 10.5 Å². The quantitative estimate of drug-likeness (QED) is 0.784. The summed E-state index contributed by atoms with van der Waals surface area (Å²) in [5, 5.41) is 0. The van der Waals surface area contributed by atoms with E-state index in [9.17, 15) is 0 Å². The van der Waals surface area contributed by atoms with E-state index in [0.717, 1.165) is 18.6 Å². The average molecular weight is 291 g/mol. The number of rotatable bonds is 7. The van der Waals surface area contributed by atoms with E-state index in [2.05, 4.69) is 59.7 Å². The van der Waals surface area contributed by atoms with Crippen LogP contribution < -0.4 is 10.5 Å². The van der Waals surface area contributed by atoms with Gasteiger partial charge in [-0.05, 0) is 42.2 Å². The largest absolute Gasteiger partial charge is 0.492 e. The fourth-order valence-electron chi connectivity index (χ4n) is 2.22. The Morgan fingerprint density at radius 1 is 1.05 bits per heavy atom. The molecule has 0 radical (unpaired) electrons. The van der Waals surface area contributed by atoms with Gasteiger partial charge >= 0.3 is 0 Å². The van der Waals surface area contributed by atoms with Crippen LogP contribution in [-0.4, -0.2) is 12.6 Å². The second-order valence-electron chi connectivity index (χ2n) is 7.47. The van der Waals surface area contributed by atoms with E-state index >= 15 is 0 Å². The normalized spacial score (nSPS) is 14.1. The molecule has 120 valence electrons. The summed E-state index contributed by atoms with van der Waals surface area (Å²) in [5.74, 6) is 0.981. The van der Waals surface area contributed by atoms with E-state index in [1.807, 2.05) is 6.92 Å². The first-order valence-corrected chi connectivity index (χ1v) is 8.17. The van der Waals surface area contributed by atoms with E-state index in [1.165, 1.54) is 11.1 Å². The summed E-state index contributed by atoms with van der Waals surface area (Å²) in [4.78, 5) is 0. The van der Waals surface area contributed by atoms with E-state index < -0.39 is 0 Å². The van der Waals surface area contributed by atoms with Gasteiger partial charge in [-0.3, -0.25) is 0 Å². The van der Waals surface area contributed by atoms with Crippen LogP contribution in [0.4, 0.5) is 0 Å². The first-order valence-electron chi connectivity index (χ1n) is 8.17.